The Hall–Kier alpha value is -1.39. The maximum atomic E-state index is 13.8. The van der Waals surface area contributed by atoms with E-state index in [1.54, 1.807) is 18.3 Å². The Balaban J connectivity index is 2.09. The minimum Gasteiger partial charge on any atom is -0.329 e. The second-order valence-electron chi connectivity index (χ2n) is 5.20. The van der Waals surface area contributed by atoms with E-state index < -0.39 is 0 Å². The first-order valence-electron chi connectivity index (χ1n) is 6.71. The van der Waals surface area contributed by atoms with Crippen molar-refractivity contribution in [3.8, 4) is 0 Å². The second kappa shape index (κ2) is 6.86. The first-order chi connectivity index (χ1) is 9.58. The molecular weight excluding hydrogens is 277 g/mol. The van der Waals surface area contributed by atoms with Gasteiger partial charge in [-0.05, 0) is 24.6 Å². The molecule has 0 radical (unpaired) electrons. The highest BCUT2D eigenvalue weighted by Crippen LogP contribution is 2.20. The zero-order valence-electron chi connectivity index (χ0n) is 11.7. The second-order valence-corrected chi connectivity index (χ2v) is 5.60. The molecule has 0 atom stereocenters. The highest BCUT2D eigenvalue weighted by Gasteiger charge is 2.10. The van der Waals surface area contributed by atoms with E-state index in [-0.39, 0.29) is 5.82 Å². The van der Waals surface area contributed by atoms with Gasteiger partial charge in [0.05, 0.1) is 13.1 Å². The van der Waals surface area contributed by atoms with Gasteiger partial charge in [-0.3, -0.25) is 0 Å². The molecule has 1 aromatic heterocycles. The van der Waals surface area contributed by atoms with Crippen LogP contribution in [0.15, 0.2) is 30.6 Å². The Morgan fingerprint density at radius 1 is 1.40 bits per heavy atom. The number of halogens is 2. The number of nitrogens with one attached hydrogen (secondary N) is 1. The molecule has 20 heavy (non-hydrogen) atoms. The summed E-state index contributed by atoms with van der Waals surface area (Å²) >= 11 is 6.06. The van der Waals surface area contributed by atoms with Crippen LogP contribution in [0.25, 0.3) is 0 Å². The van der Waals surface area contributed by atoms with Gasteiger partial charge in [-0.15, -0.1) is 0 Å². The van der Waals surface area contributed by atoms with Crippen molar-refractivity contribution in [2.45, 2.75) is 26.9 Å². The number of rotatable bonds is 6. The number of nitrogens with zero attached hydrogens (tertiary/aromatic N) is 2. The van der Waals surface area contributed by atoms with Crippen LogP contribution in [0, 0.1) is 11.7 Å². The van der Waals surface area contributed by atoms with Gasteiger partial charge in [0.1, 0.15) is 11.6 Å². The van der Waals surface area contributed by atoms with E-state index in [0.29, 0.717) is 29.6 Å². The molecule has 108 valence electrons. The molecule has 5 heteroatoms. The normalized spacial score (nSPS) is 11.2. The van der Waals surface area contributed by atoms with Crippen molar-refractivity contribution in [2.75, 3.05) is 6.54 Å². The van der Waals surface area contributed by atoms with Gasteiger partial charge in [0, 0.05) is 23.0 Å². The third kappa shape index (κ3) is 3.81. The summed E-state index contributed by atoms with van der Waals surface area (Å²) in [6.07, 6.45) is 3.57. The molecule has 0 aliphatic rings. The fourth-order valence-electron chi connectivity index (χ4n) is 1.98. The first-order valence-corrected chi connectivity index (χ1v) is 7.09. The summed E-state index contributed by atoms with van der Waals surface area (Å²) in [5.41, 5.74) is 0.497. The third-order valence-corrected chi connectivity index (χ3v) is 3.38. The van der Waals surface area contributed by atoms with E-state index in [9.17, 15) is 4.39 Å². The van der Waals surface area contributed by atoms with Gasteiger partial charge in [0.2, 0.25) is 0 Å². The van der Waals surface area contributed by atoms with Crippen LogP contribution in [0.4, 0.5) is 4.39 Å². The topological polar surface area (TPSA) is 29.9 Å². The average molecular weight is 296 g/mol. The summed E-state index contributed by atoms with van der Waals surface area (Å²) in [6, 6.07) is 4.74. The Morgan fingerprint density at radius 3 is 2.90 bits per heavy atom. The molecule has 0 aliphatic carbocycles. The van der Waals surface area contributed by atoms with Gasteiger partial charge in [0.25, 0.3) is 0 Å². The predicted molar refractivity (Wildman–Crippen MR) is 79.3 cm³/mol. The van der Waals surface area contributed by atoms with Crippen molar-refractivity contribution >= 4 is 11.6 Å². The van der Waals surface area contributed by atoms with E-state index in [1.165, 1.54) is 6.07 Å². The summed E-state index contributed by atoms with van der Waals surface area (Å²) < 4.78 is 15.7. The van der Waals surface area contributed by atoms with Crippen molar-refractivity contribution in [1.82, 2.24) is 14.9 Å². The minimum atomic E-state index is -0.285. The van der Waals surface area contributed by atoms with Crippen molar-refractivity contribution in [3.63, 3.8) is 0 Å². The average Bonchev–Trinajstić information content (AvgIpc) is 2.81. The van der Waals surface area contributed by atoms with E-state index in [0.717, 1.165) is 12.4 Å². The van der Waals surface area contributed by atoms with Crippen molar-refractivity contribution in [1.29, 1.82) is 0 Å². The van der Waals surface area contributed by atoms with Gasteiger partial charge in [-0.1, -0.05) is 31.5 Å². The minimum absolute atomic E-state index is 0.285. The third-order valence-electron chi connectivity index (χ3n) is 3.03. The molecule has 0 aliphatic heterocycles. The lowest BCUT2D eigenvalue weighted by Gasteiger charge is -2.11. The van der Waals surface area contributed by atoms with Gasteiger partial charge in [-0.2, -0.15) is 0 Å². The van der Waals surface area contributed by atoms with Gasteiger partial charge < -0.3 is 9.88 Å². The maximum Gasteiger partial charge on any atom is 0.129 e. The molecule has 0 spiro atoms. The van der Waals surface area contributed by atoms with Crippen molar-refractivity contribution in [3.05, 3.63) is 52.8 Å². The summed E-state index contributed by atoms with van der Waals surface area (Å²) in [5, 5.41) is 3.78. The molecular formula is C15H19ClFN3. The van der Waals surface area contributed by atoms with E-state index in [2.05, 4.69) is 24.1 Å². The van der Waals surface area contributed by atoms with Gasteiger partial charge in [-0.25, -0.2) is 9.37 Å². The fraction of sp³-hybridized carbons (Fsp3) is 0.400. The van der Waals surface area contributed by atoms with E-state index in [4.69, 9.17) is 11.6 Å². The van der Waals surface area contributed by atoms with Crippen molar-refractivity contribution < 1.29 is 4.39 Å². The molecule has 0 fully saturated rings. The van der Waals surface area contributed by atoms with Gasteiger partial charge >= 0.3 is 0 Å². The van der Waals surface area contributed by atoms with Crippen LogP contribution in [0.3, 0.4) is 0 Å². The molecule has 0 saturated heterocycles. The molecule has 1 aromatic carbocycles. The highest BCUT2D eigenvalue weighted by atomic mass is 35.5. The smallest absolute Gasteiger partial charge is 0.129 e. The Bertz CT molecular complexity index is 546. The highest BCUT2D eigenvalue weighted by molar-refractivity contribution is 6.31. The lowest BCUT2D eigenvalue weighted by molar-refractivity contribution is 0.530. The zero-order valence-corrected chi connectivity index (χ0v) is 12.5. The largest absolute Gasteiger partial charge is 0.329 e. The number of benzene rings is 1. The first kappa shape index (κ1) is 15.0. The monoisotopic (exact) mass is 295 g/mol. The van der Waals surface area contributed by atoms with Gasteiger partial charge in [0.15, 0.2) is 0 Å². The Labute approximate surface area is 123 Å². The molecule has 3 nitrogen and oxygen atoms in total. The van der Waals surface area contributed by atoms with Crippen molar-refractivity contribution in [2.24, 2.45) is 5.92 Å². The zero-order chi connectivity index (χ0) is 14.5. The lowest BCUT2D eigenvalue weighted by Crippen LogP contribution is -2.21. The molecule has 2 rings (SSSR count). The van der Waals surface area contributed by atoms with Crippen LogP contribution in [0.1, 0.15) is 25.2 Å². The van der Waals surface area contributed by atoms with Crippen LogP contribution in [0.5, 0.6) is 0 Å². The fourth-order valence-corrected chi connectivity index (χ4v) is 2.20. The quantitative estimate of drug-likeness (QED) is 0.884. The Morgan fingerprint density at radius 2 is 2.20 bits per heavy atom. The molecule has 1 heterocycles. The summed E-state index contributed by atoms with van der Waals surface area (Å²) in [5.74, 6) is 1.18. The Kier molecular flexibility index (Phi) is 5.15. The maximum absolute atomic E-state index is 13.8. The number of hydrogen-bond donors (Lipinski definition) is 1. The molecule has 0 saturated carbocycles. The van der Waals surface area contributed by atoms with Crippen LogP contribution < -0.4 is 5.32 Å². The number of hydrogen-bond acceptors (Lipinski definition) is 2. The molecule has 0 unspecified atom stereocenters. The van der Waals surface area contributed by atoms with Crippen LogP contribution in [-0.4, -0.2) is 16.1 Å². The van der Waals surface area contributed by atoms with E-state index in [1.807, 2.05) is 10.8 Å². The van der Waals surface area contributed by atoms with Crippen LogP contribution >= 0.6 is 11.6 Å². The molecule has 0 amide bonds. The van der Waals surface area contributed by atoms with E-state index >= 15 is 0 Å². The number of aromatic nitrogens is 2. The molecule has 2 aromatic rings. The summed E-state index contributed by atoms with van der Waals surface area (Å²) in [6.45, 7) is 6.28. The number of imidazole rings is 1. The predicted octanol–water partition coefficient (Wildman–Crippen LogP) is 3.47. The van der Waals surface area contributed by atoms with Crippen LogP contribution in [0.2, 0.25) is 5.02 Å². The summed E-state index contributed by atoms with van der Waals surface area (Å²) in [7, 11) is 0. The lowest BCUT2D eigenvalue weighted by atomic mass is 10.2. The molecule has 0 bridgehead atoms. The molecule has 1 N–H and O–H groups in total. The standard InChI is InChI=1S/C15H19ClFN3/c1-11(2)8-18-9-15-19-6-7-20(15)10-12-13(16)4-3-5-14(12)17/h3-7,11,18H,8-10H2,1-2H3. The van der Waals surface area contributed by atoms with Crippen LogP contribution in [-0.2, 0) is 13.1 Å². The summed E-state index contributed by atoms with van der Waals surface area (Å²) in [4.78, 5) is 4.30. The SMILES string of the molecule is CC(C)CNCc1nccn1Cc1c(F)cccc1Cl.